The van der Waals surface area contributed by atoms with Crippen molar-refractivity contribution in [1.29, 1.82) is 0 Å². The SMILES string of the molecule is Cc1ccc(F)cc1Nc1nc2ccc(N)cc2c(=O)[nH]1. The Morgan fingerprint density at radius 2 is 2.05 bits per heavy atom. The molecule has 1 aromatic heterocycles. The molecule has 3 aromatic rings. The Bertz CT molecular complexity index is 888. The van der Waals surface area contributed by atoms with Gasteiger partial charge >= 0.3 is 0 Å². The van der Waals surface area contributed by atoms with Gasteiger partial charge in [0.15, 0.2) is 0 Å². The third kappa shape index (κ3) is 2.55. The zero-order valence-corrected chi connectivity index (χ0v) is 11.3. The molecule has 3 rings (SSSR count). The fourth-order valence-electron chi connectivity index (χ4n) is 2.07. The van der Waals surface area contributed by atoms with E-state index < -0.39 is 0 Å². The Morgan fingerprint density at radius 3 is 2.86 bits per heavy atom. The lowest BCUT2D eigenvalue weighted by Gasteiger charge is -2.09. The first kappa shape index (κ1) is 13.1. The van der Waals surface area contributed by atoms with Crippen molar-refractivity contribution in [2.75, 3.05) is 11.1 Å². The van der Waals surface area contributed by atoms with Gasteiger partial charge in [-0.05, 0) is 42.8 Å². The standard InChI is InChI=1S/C15H13FN4O/c1-8-2-3-9(16)6-13(8)19-15-18-12-5-4-10(17)7-11(12)14(21)20-15/h2-7H,17H2,1H3,(H2,18,19,20,21). The lowest BCUT2D eigenvalue weighted by atomic mass is 10.2. The van der Waals surface area contributed by atoms with E-state index >= 15 is 0 Å². The van der Waals surface area contributed by atoms with Crippen LogP contribution in [0.25, 0.3) is 10.9 Å². The van der Waals surface area contributed by atoms with E-state index in [4.69, 9.17) is 5.73 Å². The number of nitrogen functional groups attached to an aromatic ring is 1. The first-order chi connectivity index (χ1) is 10.0. The molecule has 6 heteroatoms. The van der Waals surface area contributed by atoms with E-state index in [9.17, 15) is 9.18 Å². The second kappa shape index (κ2) is 4.90. The van der Waals surface area contributed by atoms with Crippen molar-refractivity contribution in [2.24, 2.45) is 0 Å². The summed E-state index contributed by atoms with van der Waals surface area (Å²) in [6.45, 7) is 1.83. The highest BCUT2D eigenvalue weighted by atomic mass is 19.1. The number of anilines is 3. The van der Waals surface area contributed by atoms with Gasteiger partial charge in [-0.25, -0.2) is 9.37 Å². The van der Waals surface area contributed by atoms with Crippen molar-refractivity contribution in [1.82, 2.24) is 9.97 Å². The Labute approximate surface area is 119 Å². The number of nitrogens with one attached hydrogen (secondary N) is 2. The van der Waals surface area contributed by atoms with E-state index in [0.717, 1.165) is 5.56 Å². The molecule has 0 atom stereocenters. The number of nitrogens with two attached hydrogens (primary N) is 1. The summed E-state index contributed by atoms with van der Waals surface area (Å²) in [5, 5.41) is 3.34. The van der Waals surface area contributed by atoms with Crippen LogP contribution in [0.1, 0.15) is 5.56 Å². The molecule has 0 amide bonds. The van der Waals surface area contributed by atoms with Gasteiger partial charge in [-0.1, -0.05) is 6.07 Å². The molecule has 2 aromatic carbocycles. The fraction of sp³-hybridized carbons (Fsp3) is 0.0667. The molecular weight excluding hydrogens is 271 g/mol. The van der Waals surface area contributed by atoms with Gasteiger partial charge in [0.2, 0.25) is 5.95 Å². The predicted molar refractivity (Wildman–Crippen MR) is 81.2 cm³/mol. The molecule has 1 heterocycles. The number of hydrogen-bond acceptors (Lipinski definition) is 4. The van der Waals surface area contributed by atoms with Crippen molar-refractivity contribution >= 4 is 28.2 Å². The Hall–Kier alpha value is -2.89. The van der Waals surface area contributed by atoms with E-state index in [0.29, 0.717) is 22.3 Å². The number of benzene rings is 2. The summed E-state index contributed by atoms with van der Waals surface area (Å²) in [4.78, 5) is 18.9. The largest absolute Gasteiger partial charge is 0.399 e. The van der Waals surface area contributed by atoms with Gasteiger partial charge in [-0.15, -0.1) is 0 Å². The Kier molecular flexibility index (Phi) is 3.06. The maximum atomic E-state index is 13.3. The number of hydrogen-bond donors (Lipinski definition) is 3. The molecule has 0 unspecified atom stereocenters. The first-order valence-corrected chi connectivity index (χ1v) is 6.36. The normalized spacial score (nSPS) is 10.8. The molecule has 0 spiro atoms. The molecule has 0 radical (unpaired) electrons. The molecule has 4 N–H and O–H groups in total. The molecule has 0 aliphatic carbocycles. The number of rotatable bonds is 2. The summed E-state index contributed by atoms with van der Waals surface area (Å²) >= 11 is 0. The number of H-pyrrole nitrogens is 1. The predicted octanol–water partition coefficient (Wildman–Crippen LogP) is 2.70. The third-order valence-corrected chi connectivity index (χ3v) is 3.18. The Balaban J connectivity index is 2.07. The van der Waals surface area contributed by atoms with Crippen LogP contribution >= 0.6 is 0 Å². The second-order valence-electron chi connectivity index (χ2n) is 4.78. The van der Waals surface area contributed by atoms with Crippen LogP contribution in [0.5, 0.6) is 0 Å². The number of nitrogens with zero attached hydrogens (tertiary/aromatic N) is 1. The van der Waals surface area contributed by atoms with Crippen LogP contribution in [0, 0.1) is 12.7 Å². The molecule has 5 nitrogen and oxygen atoms in total. The smallest absolute Gasteiger partial charge is 0.260 e. The van der Waals surface area contributed by atoms with E-state index in [1.807, 2.05) is 6.92 Å². The topological polar surface area (TPSA) is 83.8 Å². The van der Waals surface area contributed by atoms with Crippen molar-refractivity contribution in [2.45, 2.75) is 6.92 Å². The molecule has 106 valence electrons. The summed E-state index contributed by atoms with van der Waals surface area (Å²) in [5.74, 6) is -0.106. The van der Waals surface area contributed by atoms with Crippen LogP contribution in [0.15, 0.2) is 41.2 Å². The monoisotopic (exact) mass is 284 g/mol. The van der Waals surface area contributed by atoms with Gasteiger partial charge in [-0.3, -0.25) is 9.78 Å². The molecule has 0 fully saturated rings. The quantitative estimate of drug-likeness (QED) is 0.632. The zero-order valence-electron chi connectivity index (χ0n) is 11.3. The van der Waals surface area contributed by atoms with Gasteiger partial charge in [-0.2, -0.15) is 0 Å². The minimum atomic E-state index is -0.362. The molecule has 0 aliphatic heterocycles. The van der Waals surface area contributed by atoms with E-state index in [-0.39, 0.29) is 17.3 Å². The lowest BCUT2D eigenvalue weighted by Crippen LogP contribution is -2.12. The van der Waals surface area contributed by atoms with Crippen LogP contribution < -0.4 is 16.6 Å². The molecule has 0 saturated carbocycles. The summed E-state index contributed by atoms with van der Waals surface area (Å²) in [7, 11) is 0. The molecule has 0 saturated heterocycles. The maximum Gasteiger partial charge on any atom is 0.260 e. The first-order valence-electron chi connectivity index (χ1n) is 6.36. The molecular formula is C15H13FN4O. The summed E-state index contributed by atoms with van der Waals surface area (Å²) < 4.78 is 13.3. The van der Waals surface area contributed by atoms with E-state index in [1.165, 1.54) is 12.1 Å². The van der Waals surface area contributed by atoms with Crippen LogP contribution in [0.4, 0.5) is 21.7 Å². The van der Waals surface area contributed by atoms with Gasteiger partial charge in [0.25, 0.3) is 5.56 Å². The fourth-order valence-corrected chi connectivity index (χ4v) is 2.07. The number of fused-ring (bicyclic) bond motifs is 1. The van der Waals surface area contributed by atoms with Crippen molar-refractivity contribution < 1.29 is 4.39 Å². The maximum absolute atomic E-state index is 13.3. The molecule has 0 bridgehead atoms. The minimum Gasteiger partial charge on any atom is -0.399 e. The number of halogens is 1. The average Bonchev–Trinajstić information content (AvgIpc) is 2.44. The zero-order chi connectivity index (χ0) is 15.0. The molecule has 21 heavy (non-hydrogen) atoms. The van der Waals surface area contributed by atoms with Gasteiger partial charge in [0, 0.05) is 11.4 Å². The minimum absolute atomic E-state index is 0.256. The number of aromatic amines is 1. The van der Waals surface area contributed by atoms with Crippen molar-refractivity contribution in [3.05, 3.63) is 58.1 Å². The highest BCUT2D eigenvalue weighted by molar-refractivity contribution is 5.82. The van der Waals surface area contributed by atoms with Crippen LogP contribution in [-0.2, 0) is 0 Å². The summed E-state index contributed by atoms with van der Waals surface area (Å²) in [6.07, 6.45) is 0. The van der Waals surface area contributed by atoms with Gasteiger partial charge < -0.3 is 11.1 Å². The summed E-state index contributed by atoms with van der Waals surface area (Å²) in [5.41, 5.74) is 7.76. The van der Waals surface area contributed by atoms with Crippen LogP contribution in [0.2, 0.25) is 0 Å². The van der Waals surface area contributed by atoms with Crippen molar-refractivity contribution in [3.63, 3.8) is 0 Å². The lowest BCUT2D eigenvalue weighted by molar-refractivity contribution is 0.628. The third-order valence-electron chi connectivity index (χ3n) is 3.18. The van der Waals surface area contributed by atoms with Crippen molar-refractivity contribution in [3.8, 4) is 0 Å². The van der Waals surface area contributed by atoms with Gasteiger partial charge in [0.1, 0.15) is 5.82 Å². The van der Waals surface area contributed by atoms with Crippen LogP contribution in [-0.4, -0.2) is 9.97 Å². The Morgan fingerprint density at radius 1 is 1.24 bits per heavy atom. The molecule has 0 aliphatic rings. The number of aryl methyl sites for hydroxylation is 1. The average molecular weight is 284 g/mol. The van der Waals surface area contributed by atoms with Gasteiger partial charge in [0.05, 0.1) is 10.9 Å². The summed E-state index contributed by atoms with van der Waals surface area (Å²) in [6, 6.07) is 9.29. The second-order valence-corrected chi connectivity index (χ2v) is 4.78. The van der Waals surface area contributed by atoms with Crippen LogP contribution in [0.3, 0.4) is 0 Å². The highest BCUT2D eigenvalue weighted by Crippen LogP contribution is 2.20. The number of aromatic nitrogens is 2. The highest BCUT2D eigenvalue weighted by Gasteiger charge is 2.06. The van der Waals surface area contributed by atoms with E-state index in [1.54, 1.807) is 24.3 Å². The van der Waals surface area contributed by atoms with E-state index in [2.05, 4.69) is 15.3 Å².